The molecule has 6 heteroatoms. The van der Waals surface area contributed by atoms with Crippen LogP contribution in [0, 0.1) is 0 Å². The molecule has 0 aliphatic rings. The molecule has 0 atom stereocenters. The second-order valence-electron chi connectivity index (χ2n) is 4.00. The van der Waals surface area contributed by atoms with Crippen LogP contribution in [0.1, 0.15) is 18.9 Å². The van der Waals surface area contributed by atoms with Crippen LogP contribution in [0.5, 0.6) is 0 Å². The van der Waals surface area contributed by atoms with Crippen molar-refractivity contribution in [1.29, 1.82) is 0 Å². The normalized spacial score (nSPS) is 9.79. The molecule has 0 aliphatic carbocycles. The molecule has 1 N–H and O–H groups in total. The van der Waals surface area contributed by atoms with E-state index in [1.165, 1.54) is 0 Å². The van der Waals surface area contributed by atoms with Gasteiger partial charge >= 0.3 is 6.09 Å². The van der Waals surface area contributed by atoms with Crippen LogP contribution in [0.4, 0.5) is 4.79 Å². The second kappa shape index (κ2) is 8.07. The first-order valence-corrected chi connectivity index (χ1v) is 6.17. The Morgan fingerprint density at radius 2 is 2.05 bits per heavy atom. The van der Waals surface area contributed by atoms with Gasteiger partial charge < -0.3 is 15.0 Å². The quantitative estimate of drug-likeness (QED) is 0.838. The summed E-state index contributed by atoms with van der Waals surface area (Å²) in [6.45, 7) is 2.86. The van der Waals surface area contributed by atoms with E-state index >= 15 is 0 Å². The summed E-state index contributed by atoms with van der Waals surface area (Å²) in [5, 5.41) is 2.51. The zero-order valence-electron chi connectivity index (χ0n) is 11.3. The van der Waals surface area contributed by atoms with Crippen molar-refractivity contribution in [3.8, 4) is 0 Å². The second-order valence-corrected chi connectivity index (χ2v) is 4.00. The van der Waals surface area contributed by atoms with Crippen molar-refractivity contribution in [2.24, 2.45) is 0 Å². The van der Waals surface area contributed by atoms with Gasteiger partial charge in [-0.1, -0.05) is 0 Å². The lowest BCUT2D eigenvalue weighted by atomic mass is 10.2. The first kappa shape index (κ1) is 14.9. The van der Waals surface area contributed by atoms with Gasteiger partial charge in [-0.15, -0.1) is 0 Å². The number of ether oxygens (including phenoxy) is 1. The lowest BCUT2D eigenvalue weighted by Crippen LogP contribution is -2.32. The molecule has 0 unspecified atom stereocenters. The van der Waals surface area contributed by atoms with Crippen LogP contribution in [0.3, 0.4) is 0 Å². The van der Waals surface area contributed by atoms with Gasteiger partial charge in [0.2, 0.25) is 5.91 Å². The summed E-state index contributed by atoms with van der Waals surface area (Å²) in [6.07, 6.45) is 3.14. The van der Waals surface area contributed by atoms with E-state index in [9.17, 15) is 9.59 Å². The minimum absolute atomic E-state index is 0.0337. The maximum Gasteiger partial charge on any atom is 0.407 e. The largest absolute Gasteiger partial charge is 0.450 e. The molecule has 0 spiro atoms. The standard InChI is InChI=1S/C13H19N3O3/c1-3-19-13(18)15-9-6-12(17)16(2)10-11-4-7-14-8-5-11/h4-5,7-8H,3,6,9-10H2,1-2H3,(H,15,18). The summed E-state index contributed by atoms with van der Waals surface area (Å²) in [4.78, 5) is 28.4. The molecular formula is C13H19N3O3. The molecule has 1 heterocycles. The van der Waals surface area contributed by atoms with E-state index in [1.54, 1.807) is 31.3 Å². The Morgan fingerprint density at radius 3 is 2.68 bits per heavy atom. The highest BCUT2D eigenvalue weighted by molar-refractivity contribution is 5.76. The van der Waals surface area contributed by atoms with Crippen molar-refractivity contribution >= 4 is 12.0 Å². The first-order valence-electron chi connectivity index (χ1n) is 6.17. The summed E-state index contributed by atoms with van der Waals surface area (Å²) in [5.41, 5.74) is 1.02. The molecule has 1 aromatic rings. The smallest absolute Gasteiger partial charge is 0.407 e. The number of amides is 2. The summed E-state index contributed by atoms with van der Waals surface area (Å²) < 4.78 is 4.70. The van der Waals surface area contributed by atoms with E-state index in [0.717, 1.165) is 5.56 Å². The van der Waals surface area contributed by atoms with E-state index < -0.39 is 6.09 Å². The number of hydrogen-bond donors (Lipinski definition) is 1. The average Bonchev–Trinajstić information content (AvgIpc) is 2.40. The van der Waals surface area contributed by atoms with Gasteiger partial charge in [-0.25, -0.2) is 4.79 Å². The summed E-state index contributed by atoms with van der Waals surface area (Å²) in [6, 6.07) is 3.72. The Morgan fingerprint density at radius 1 is 1.37 bits per heavy atom. The Bertz CT molecular complexity index is 409. The topological polar surface area (TPSA) is 71.5 Å². The Labute approximate surface area is 112 Å². The number of nitrogens with zero attached hydrogens (tertiary/aromatic N) is 2. The van der Waals surface area contributed by atoms with Crippen LogP contribution in [0.15, 0.2) is 24.5 Å². The third-order valence-corrected chi connectivity index (χ3v) is 2.48. The molecule has 2 amide bonds. The summed E-state index contributed by atoms with van der Waals surface area (Å²) in [5.74, 6) is -0.0337. The van der Waals surface area contributed by atoms with E-state index in [1.807, 2.05) is 12.1 Å². The van der Waals surface area contributed by atoms with Crippen LogP contribution < -0.4 is 5.32 Å². The predicted molar refractivity (Wildman–Crippen MR) is 70.4 cm³/mol. The number of aromatic nitrogens is 1. The van der Waals surface area contributed by atoms with E-state index in [-0.39, 0.29) is 18.9 Å². The predicted octanol–water partition coefficient (Wildman–Crippen LogP) is 1.18. The van der Waals surface area contributed by atoms with E-state index in [4.69, 9.17) is 4.74 Å². The fourth-order valence-electron chi connectivity index (χ4n) is 1.49. The number of hydrogen-bond acceptors (Lipinski definition) is 4. The highest BCUT2D eigenvalue weighted by atomic mass is 16.5. The number of rotatable bonds is 6. The Hall–Kier alpha value is -2.11. The van der Waals surface area contributed by atoms with Gasteiger partial charge in [0.25, 0.3) is 0 Å². The fraction of sp³-hybridized carbons (Fsp3) is 0.462. The lowest BCUT2D eigenvalue weighted by molar-refractivity contribution is -0.130. The SMILES string of the molecule is CCOC(=O)NCCC(=O)N(C)Cc1ccncc1. The van der Waals surface area contributed by atoms with Crippen LogP contribution in [-0.4, -0.2) is 42.1 Å². The summed E-state index contributed by atoms with van der Waals surface area (Å²) in [7, 11) is 1.73. The number of nitrogens with one attached hydrogen (secondary N) is 1. The molecule has 0 aliphatic heterocycles. The number of pyridine rings is 1. The third-order valence-electron chi connectivity index (χ3n) is 2.48. The van der Waals surface area contributed by atoms with Gasteiger partial charge in [-0.2, -0.15) is 0 Å². The lowest BCUT2D eigenvalue weighted by Gasteiger charge is -2.17. The van der Waals surface area contributed by atoms with E-state index in [0.29, 0.717) is 13.2 Å². The maximum atomic E-state index is 11.8. The molecule has 6 nitrogen and oxygen atoms in total. The van der Waals surface area contributed by atoms with Gasteiger partial charge in [0.05, 0.1) is 6.61 Å². The molecule has 1 rings (SSSR count). The monoisotopic (exact) mass is 265 g/mol. The third kappa shape index (κ3) is 5.85. The molecule has 0 saturated heterocycles. The highest BCUT2D eigenvalue weighted by Crippen LogP contribution is 2.02. The molecule has 104 valence electrons. The molecule has 0 fully saturated rings. The maximum absolute atomic E-state index is 11.8. The van der Waals surface area contributed by atoms with Gasteiger partial charge in [-0.3, -0.25) is 9.78 Å². The van der Waals surface area contributed by atoms with Crippen molar-refractivity contribution < 1.29 is 14.3 Å². The van der Waals surface area contributed by atoms with Crippen LogP contribution in [0.25, 0.3) is 0 Å². The molecule has 0 radical (unpaired) electrons. The van der Waals surface area contributed by atoms with Crippen LogP contribution in [-0.2, 0) is 16.1 Å². The minimum atomic E-state index is -0.493. The zero-order valence-corrected chi connectivity index (χ0v) is 11.3. The van der Waals surface area contributed by atoms with Crippen molar-refractivity contribution in [3.63, 3.8) is 0 Å². The number of alkyl carbamates (subject to hydrolysis) is 1. The molecular weight excluding hydrogens is 246 g/mol. The van der Waals surface area contributed by atoms with Gasteiger partial charge in [0.1, 0.15) is 0 Å². The molecule has 19 heavy (non-hydrogen) atoms. The summed E-state index contributed by atoms with van der Waals surface area (Å²) >= 11 is 0. The first-order chi connectivity index (χ1) is 9.13. The molecule has 1 aromatic heterocycles. The van der Waals surface area contributed by atoms with Crippen LogP contribution in [0.2, 0.25) is 0 Å². The van der Waals surface area contributed by atoms with Crippen molar-refractivity contribution in [2.45, 2.75) is 19.9 Å². The molecule has 0 aromatic carbocycles. The zero-order chi connectivity index (χ0) is 14.1. The Kier molecular flexibility index (Phi) is 6.35. The van der Waals surface area contributed by atoms with E-state index in [2.05, 4.69) is 10.3 Å². The van der Waals surface area contributed by atoms with Gasteiger partial charge in [0.15, 0.2) is 0 Å². The number of carbonyl (C=O) groups is 2. The van der Waals surface area contributed by atoms with Crippen molar-refractivity contribution in [2.75, 3.05) is 20.2 Å². The van der Waals surface area contributed by atoms with Gasteiger partial charge in [0, 0.05) is 39.0 Å². The van der Waals surface area contributed by atoms with Crippen molar-refractivity contribution in [3.05, 3.63) is 30.1 Å². The van der Waals surface area contributed by atoms with Crippen molar-refractivity contribution in [1.82, 2.24) is 15.2 Å². The van der Waals surface area contributed by atoms with Crippen LogP contribution >= 0.6 is 0 Å². The minimum Gasteiger partial charge on any atom is -0.450 e. The molecule has 0 bridgehead atoms. The Balaban J connectivity index is 2.27. The molecule has 0 saturated carbocycles. The average molecular weight is 265 g/mol. The number of carbonyl (C=O) groups excluding carboxylic acids is 2. The highest BCUT2D eigenvalue weighted by Gasteiger charge is 2.09. The van der Waals surface area contributed by atoms with Gasteiger partial charge in [-0.05, 0) is 24.6 Å². The fourth-order valence-corrected chi connectivity index (χ4v) is 1.49.